The second kappa shape index (κ2) is 4.63. The summed E-state index contributed by atoms with van der Waals surface area (Å²) in [7, 11) is 1.92. The van der Waals surface area contributed by atoms with Gasteiger partial charge in [-0.1, -0.05) is 23.8 Å². The molecule has 0 fully saturated rings. The number of aromatic nitrogens is 2. The molecule has 0 radical (unpaired) electrons. The van der Waals surface area contributed by atoms with Gasteiger partial charge in [-0.05, 0) is 35.3 Å². The molecule has 0 saturated carbocycles. The van der Waals surface area contributed by atoms with Crippen molar-refractivity contribution in [1.29, 1.82) is 0 Å². The maximum atomic E-state index is 5.71. The molecule has 4 heteroatoms. The smallest absolute Gasteiger partial charge is 0.107 e. The zero-order valence-corrected chi connectivity index (χ0v) is 11.9. The Morgan fingerprint density at radius 3 is 2.59 bits per heavy atom. The van der Waals surface area contributed by atoms with Crippen molar-refractivity contribution >= 4 is 15.9 Å². The molecule has 0 unspecified atom stereocenters. The van der Waals surface area contributed by atoms with Gasteiger partial charge in [0.1, 0.15) is 5.69 Å². The first kappa shape index (κ1) is 12.3. The standard InChI is InChI=1S/C13H16BrN3/c1-8-4-5-10(9(2)6-8)13-12(14)11(7-15)17(3)16-13/h4-6H,7,15H2,1-3H3. The molecule has 1 aromatic carbocycles. The molecule has 0 aliphatic heterocycles. The second-order valence-corrected chi connectivity index (χ2v) is 5.05. The molecule has 0 spiro atoms. The fourth-order valence-corrected chi connectivity index (χ4v) is 2.72. The normalized spacial score (nSPS) is 10.9. The minimum atomic E-state index is 0.481. The van der Waals surface area contributed by atoms with Crippen LogP contribution < -0.4 is 5.73 Å². The Hall–Kier alpha value is -1.13. The molecule has 1 aromatic heterocycles. The van der Waals surface area contributed by atoms with Crippen LogP contribution >= 0.6 is 15.9 Å². The summed E-state index contributed by atoms with van der Waals surface area (Å²) >= 11 is 3.59. The summed E-state index contributed by atoms with van der Waals surface area (Å²) in [5.74, 6) is 0. The fraction of sp³-hybridized carbons (Fsp3) is 0.308. The van der Waals surface area contributed by atoms with Crippen molar-refractivity contribution in [3.63, 3.8) is 0 Å². The number of aryl methyl sites for hydroxylation is 3. The van der Waals surface area contributed by atoms with E-state index < -0.39 is 0 Å². The number of halogens is 1. The number of hydrogen-bond donors (Lipinski definition) is 1. The van der Waals surface area contributed by atoms with Gasteiger partial charge >= 0.3 is 0 Å². The second-order valence-electron chi connectivity index (χ2n) is 4.26. The Kier molecular flexibility index (Phi) is 3.35. The number of rotatable bonds is 2. The fourth-order valence-electron chi connectivity index (χ4n) is 2.01. The third kappa shape index (κ3) is 2.15. The zero-order valence-electron chi connectivity index (χ0n) is 10.3. The molecule has 0 aliphatic rings. The van der Waals surface area contributed by atoms with E-state index in [0.29, 0.717) is 6.54 Å². The predicted molar refractivity (Wildman–Crippen MR) is 73.7 cm³/mol. The van der Waals surface area contributed by atoms with Gasteiger partial charge in [-0.2, -0.15) is 5.10 Å². The van der Waals surface area contributed by atoms with Crippen LogP contribution in [0.25, 0.3) is 11.3 Å². The zero-order chi connectivity index (χ0) is 12.6. The van der Waals surface area contributed by atoms with Crippen LogP contribution in [0.4, 0.5) is 0 Å². The monoisotopic (exact) mass is 293 g/mol. The van der Waals surface area contributed by atoms with Crippen molar-refractivity contribution in [2.24, 2.45) is 12.8 Å². The Labute approximate surface area is 110 Å². The molecule has 3 nitrogen and oxygen atoms in total. The SMILES string of the molecule is Cc1ccc(-c2nn(C)c(CN)c2Br)c(C)c1. The van der Waals surface area contributed by atoms with Crippen molar-refractivity contribution in [3.05, 3.63) is 39.5 Å². The first-order valence-electron chi connectivity index (χ1n) is 5.53. The molecular weight excluding hydrogens is 278 g/mol. The van der Waals surface area contributed by atoms with E-state index in [9.17, 15) is 0 Å². The molecule has 0 atom stereocenters. The third-order valence-electron chi connectivity index (χ3n) is 2.93. The quantitative estimate of drug-likeness (QED) is 0.925. The van der Waals surface area contributed by atoms with Crippen molar-refractivity contribution in [1.82, 2.24) is 9.78 Å². The van der Waals surface area contributed by atoms with E-state index in [4.69, 9.17) is 5.73 Å². The van der Waals surface area contributed by atoms with E-state index in [1.807, 2.05) is 11.7 Å². The maximum Gasteiger partial charge on any atom is 0.107 e. The highest BCUT2D eigenvalue weighted by molar-refractivity contribution is 9.10. The summed E-state index contributed by atoms with van der Waals surface area (Å²) in [5.41, 5.74) is 11.3. The summed E-state index contributed by atoms with van der Waals surface area (Å²) in [6, 6.07) is 6.38. The van der Waals surface area contributed by atoms with Gasteiger partial charge < -0.3 is 5.73 Å². The van der Waals surface area contributed by atoms with Gasteiger partial charge in [-0.3, -0.25) is 4.68 Å². The number of benzene rings is 1. The highest BCUT2D eigenvalue weighted by Crippen LogP contribution is 2.32. The summed E-state index contributed by atoms with van der Waals surface area (Å²) in [4.78, 5) is 0. The van der Waals surface area contributed by atoms with Crippen LogP contribution in [-0.4, -0.2) is 9.78 Å². The van der Waals surface area contributed by atoms with Gasteiger partial charge in [0, 0.05) is 19.2 Å². The predicted octanol–water partition coefficient (Wildman–Crippen LogP) is 2.93. The molecule has 2 N–H and O–H groups in total. The largest absolute Gasteiger partial charge is 0.325 e. The Morgan fingerprint density at radius 1 is 1.35 bits per heavy atom. The van der Waals surface area contributed by atoms with E-state index >= 15 is 0 Å². The molecule has 2 rings (SSSR count). The number of hydrogen-bond acceptors (Lipinski definition) is 2. The molecule has 0 aliphatic carbocycles. The van der Waals surface area contributed by atoms with Crippen LogP contribution in [0.15, 0.2) is 22.7 Å². The number of nitrogens with zero attached hydrogens (tertiary/aromatic N) is 2. The lowest BCUT2D eigenvalue weighted by Gasteiger charge is -2.04. The molecule has 0 saturated heterocycles. The first-order chi connectivity index (χ1) is 8.04. The minimum absolute atomic E-state index is 0.481. The van der Waals surface area contributed by atoms with Crippen LogP contribution in [0.3, 0.4) is 0 Å². The average molecular weight is 294 g/mol. The van der Waals surface area contributed by atoms with Gasteiger partial charge in [0.2, 0.25) is 0 Å². The van der Waals surface area contributed by atoms with Crippen LogP contribution in [0.5, 0.6) is 0 Å². The van der Waals surface area contributed by atoms with Gasteiger partial charge in [0.15, 0.2) is 0 Å². The van der Waals surface area contributed by atoms with Crippen LogP contribution in [-0.2, 0) is 13.6 Å². The highest BCUT2D eigenvalue weighted by atomic mass is 79.9. The lowest BCUT2D eigenvalue weighted by Crippen LogP contribution is -2.04. The Morgan fingerprint density at radius 2 is 2.06 bits per heavy atom. The molecule has 17 heavy (non-hydrogen) atoms. The van der Waals surface area contributed by atoms with Gasteiger partial charge in [-0.15, -0.1) is 0 Å². The van der Waals surface area contributed by atoms with E-state index in [-0.39, 0.29) is 0 Å². The maximum absolute atomic E-state index is 5.71. The Bertz CT molecular complexity index is 558. The summed E-state index contributed by atoms with van der Waals surface area (Å²) in [6.45, 7) is 4.68. The summed E-state index contributed by atoms with van der Waals surface area (Å²) in [5, 5.41) is 4.53. The van der Waals surface area contributed by atoms with Crippen molar-refractivity contribution in [2.45, 2.75) is 20.4 Å². The summed E-state index contributed by atoms with van der Waals surface area (Å²) in [6.07, 6.45) is 0. The molecular formula is C13H16BrN3. The van der Waals surface area contributed by atoms with E-state index in [2.05, 4.69) is 53.1 Å². The topological polar surface area (TPSA) is 43.8 Å². The first-order valence-corrected chi connectivity index (χ1v) is 6.33. The lowest BCUT2D eigenvalue weighted by atomic mass is 10.0. The van der Waals surface area contributed by atoms with E-state index in [0.717, 1.165) is 21.4 Å². The van der Waals surface area contributed by atoms with Gasteiger partial charge in [-0.25, -0.2) is 0 Å². The van der Waals surface area contributed by atoms with E-state index in [1.54, 1.807) is 0 Å². The van der Waals surface area contributed by atoms with Crippen LogP contribution in [0.2, 0.25) is 0 Å². The molecule has 2 aromatic rings. The highest BCUT2D eigenvalue weighted by Gasteiger charge is 2.15. The lowest BCUT2D eigenvalue weighted by molar-refractivity contribution is 0.712. The van der Waals surface area contributed by atoms with Crippen LogP contribution in [0.1, 0.15) is 16.8 Å². The van der Waals surface area contributed by atoms with Gasteiger partial charge in [0.05, 0.1) is 10.2 Å². The van der Waals surface area contributed by atoms with Crippen molar-refractivity contribution in [3.8, 4) is 11.3 Å². The van der Waals surface area contributed by atoms with Crippen molar-refractivity contribution < 1.29 is 0 Å². The third-order valence-corrected chi connectivity index (χ3v) is 3.77. The van der Waals surface area contributed by atoms with Crippen LogP contribution in [0, 0.1) is 13.8 Å². The van der Waals surface area contributed by atoms with Gasteiger partial charge in [0.25, 0.3) is 0 Å². The molecule has 0 amide bonds. The van der Waals surface area contributed by atoms with Crippen molar-refractivity contribution in [2.75, 3.05) is 0 Å². The average Bonchev–Trinajstić information content (AvgIpc) is 2.54. The summed E-state index contributed by atoms with van der Waals surface area (Å²) < 4.78 is 2.83. The van der Waals surface area contributed by atoms with E-state index in [1.165, 1.54) is 11.1 Å². The Balaban J connectivity index is 2.61. The molecule has 90 valence electrons. The minimum Gasteiger partial charge on any atom is -0.325 e. The number of nitrogens with two attached hydrogens (primary N) is 1. The molecule has 0 bridgehead atoms. The molecule has 1 heterocycles.